The van der Waals surface area contributed by atoms with Crippen LogP contribution in [0.3, 0.4) is 0 Å². The second-order valence-electron chi connectivity index (χ2n) is 4.34. The van der Waals surface area contributed by atoms with Crippen molar-refractivity contribution < 1.29 is 17.9 Å². The number of hydrogen-bond acceptors (Lipinski definition) is 5. The fraction of sp³-hybridized carbons (Fsp3) is 0.385. The minimum atomic E-state index is -3.73. The molecule has 0 spiro atoms. The lowest BCUT2D eigenvalue weighted by molar-refractivity contribution is -0.143. The number of ether oxygens (including phenoxy) is 1. The van der Waals surface area contributed by atoms with Crippen molar-refractivity contribution in [1.29, 1.82) is 0 Å². The molecule has 0 saturated carbocycles. The van der Waals surface area contributed by atoms with Gasteiger partial charge in [-0.25, -0.2) is 17.7 Å². The highest BCUT2D eigenvalue weighted by Gasteiger charge is 2.30. The van der Waals surface area contributed by atoms with Gasteiger partial charge >= 0.3 is 5.97 Å². The molecule has 0 amide bonds. The fourth-order valence-electron chi connectivity index (χ4n) is 1.73. The molecule has 1 aromatic rings. The molecule has 20 heavy (non-hydrogen) atoms. The lowest BCUT2D eigenvalue weighted by Gasteiger charge is -2.23. The van der Waals surface area contributed by atoms with Gasteiger partial charge in [-0.2, -0.15) is 0 Å². The molecule has 0 aliphatic carbocycles. The zero-order valence-electron chi connectivity index (χ0n) is 11.2. The van der Waals surface area contributed by atoms with E-state index in [0.717, 1.165) is 23.5 Å². The van der Waals surface area contributed by atoms with Crippen LogP contribution in [-0.4, -0.2) is 38.2 Å². The number of sulfonamides is 1. The number of aliphatic imine (C=N–C) groups is 1. The van der Waals surface area contributed by atoms with Gasteiger partial charge in [0, 0.05) is 0 Å². The number of benzene rings is 1. The van der Waals surface area contributed by atoms with Crippen molar-refractivity contribution in [3.63, 3.8) is 0 Å². The second kappa shape index (κ2) is 6.04. The van der Waals surface area contributed by atoms with Crippen LogP contribution in [0.1, 0.15) is 19.8 Å². The maximum absolute atomic E-state index is 12.3. The highest BCUT2D eigenvalue weighted by atomic mass is 32.2. The largest absolute Gasteiger partial charge is 0.464 e. The highest BCUT2D eigenvalue weighted by molar-refractivity contribution is 7.89. The summed E-state index contributed by atoms with van der Waals surface area (Å²) in [5.41, 5.74) is 0.378. The molecule has 1 aromatic carbocycles. The normalized spacial score (nSPS) is 15.8. The Bertz CT molecular complexity index is 625. The summed E-state index contributed by atoms with van der Waals surface area (Å²) in [4.78, 5) is 15.7. The first-order chi connectivity index (χ1) is 9.55. The number of fused-ring (bicyclic) bond motifs is 1. The van der Waals surface area contributed by atoms with Gasteiger partial charge in [-0.15, -0.1) is 0 Å². The SMILES string of the molecule is CCCCOC(=O)CN1C=Nc2ccccc2S1(=O)=O. The minimum Gasteiger partial charge on any atom is -0.464 e. The first-order valence-corrected chi connectivity index (χ1v) is 7.80. The Hall–Kier alpha value is -1.89. The van der Waals surface area contributed by atoms with Crippen LogP contribution in [0.4, 0.5) is 5.69 Å². The molecule has 1 aliphatic rings. The fourth-order valence-corrected chi connectivity index (χ4v) is 3.06. The predicted molar refractivity (Wildman–Crippen MR) is 74.4 cm³/mol. The van der Waals surface area contributed by atoms with Crippen molar-refractivity contribution in [2.75, 3.05) is 13.2 Å². The number of esters is 1. The molecule has 0 aromatic heterocycles. The molecule has 0 N–H and O–H groups in total. The standard InChI is InChI=1S/C13H16N2O4S/c1-2-3-8-19-13(16)9-15-10-14-11-6-4-5-7-12(11)20(15,17)18/h4-7,10H,2-3,8-9H2,1H3. The van der Waals surface area contributed by atoms with E-state index in [2.05, 4.69) is 4.99 Å². The summed E-state index contributed by atoms with van der Waals surface area (Å²) >= 11 is 0. The summed E-state index contributed by atoms with van der Waals surface area (Å²) in [5.74, 6) is -0.576. The van der Waals surface area contributed by atoms with Crippen LogP contribution in [0.5, 0.6) is 0 Å². The Balaban J connectivity index is 2.10. The van der Waals surface area contributed by atoms with E-state index in [9.17, 15) is 13.2 Å². The molecule has 0 atom stereocenters. The number of unbranched alkanes of at least 4 members (excludes halogenated alkanes) is 1. The van der Waals surface area contributed by atoms with Crippen molar-refractivity contribution in [2.24, 2.45) is 4.99 Å². The van der Waals surface area contributed by atoms with E-state index < -0.39 is 16.0 Å². The third-order valence-corrected chi connectivity index (χ3v) is 4.57. The molecule has 0 bridgehead atoms. The van der Waals surface area contributed by atoms with Crippen LogP contribution in [0.2, 0.25) is 0 Å². The lowest BCUT2D eigenvalue weighted by atomic mass is 10.3. The van der Waals surface area contributed by atoms with E-state index in [-0.39, 0.29) is 11.4 Å². The molecule has 0 unspecified atom stereocenters. The summed E-state index contributed by atoms with van der Waals surface area (Å²) < 4.78 is 30.5. The van der Waals surface area contributed by atoms with Crippen LogP contribution in [0.15, 0.2) is 34.2 Å². The number of para-hydroxylation sites is 1. The Morgan fingerprint density at radius 1 is 1.35 bits per heavy atom. The molecule has 0 fully saturated rings. The molecule has 108 valence electrons. The van der Waals surface area contributed by atoms with E-state index in [0.29, 0.717) is 12.3 Å². The van der Waals surface area contributed by atoms with Gasteiger partial charge in [0.25, 0.3) is 10.0 Å². The summed E-state index contributed by atoms with van der Waals surface area (Å²) in [6.07, 6.45) is 2.82. The maximum atomic E-state index is 12.3. The van der Waals surface area contributed by atoms with Crippen molar-refractivity contribution in [3.05, 3.63) is 24.3 Å². The van der Waals surface area contributed by atoms with E-state index in [1.165, 1.54) is 6.07 Å². The Kier molecular flexibility index (Phi) is 4.39. The monoisotopic (exact) mass is 296 g/mol. The second-order valence-corrected chi connectivity index (χ2v) is 6.20. The summed E-state index contributed by atoms with van der Waals surface area (Å²) in [6, 6.07) is 6.41. The average molecular weight is 296 g/mol. The molecule has 0 radical (unpaired) electrons. The highest BCUT2D eigenvalue weighted by Crippen LogP contribution is 2.29. The molecule has 6 nitrogen and oxygen atoms in total. The van der Waals surface area contributed by atoms with Crippen molar-refractivity contribution >= 4 is 28.0 Å². The van der Waals surface area contributed by atoms with Crippen molar-refractivity contribution in [3.8, 4) is 0 Å². The Morgan fingerprint density at radius 2 is 2.10 bits per heavy atom. The van der Waals surface area contributed by atoms with Gasteiger partial charge in [0.05, 0.1) is 12.3 Å². The number of carbonyl (C=O) groups excluding carboxylic acids is 1. The van der Waals surface area contributed by atoms with Crippen molar-refractivity contribution in [1.82, 2.24) is 4.31 Å². The third-order valence-electron chi connectivity index (χ3n) is 2.82. The Morgan fingerprint density at radius 3 is 2.85 bits per heavy atom. The van der Waals surface area contributed by atoms with Gasteiger partial charge in [0.15, 0.2) is 0 Å². The topological polar surface area (TPSA) is 76.0 Å². The van der Waals surface area contributed by atoms with Gasteiger partial charge in [-0.1, -0.05) is 25.5 Å². The maximum Gasteiger partial charge on any atom is 0.326 e. The summed E-state index contributed by atoms with van der Waals surface area (Å²) in [6.45, 7) is 1.92. The quantitative estimate of drug-likeness (QED) is 0.612. The molecule has 0 saturated heterocycles. The van der Waals surface area contributed by atoms with E-state index in [1.54, 1.807) is 18.2 Å². The van der Waals surface area contributed by atoms with Crippen LogP contribution >= 0.6 is 0 Å². The smallest absolute Gasteiger partial charge is 0.326 e. The summed E-state index contributed by atoms with van der Waals surface area (Å²) in [7, 11) is -3.73. The van der Waals surface area contributed by atoms with Gasteiger partial charge in [-0.05, 0) is 18.6 Å². The van der Waals surface area contributed by atoms with Crippen LogP contribution in [0, 0.1) is 0 Å². The van der Waals surface area contributed by atoms with Gasteiger partial charge in [0.2, 0.25) is 0 Å². The number of hydrogen-bond donors (Lipinski definition) is 0. The first kappa shape index (κ1) is 14.5. The minimum absolute atomic E-state index is 0.101. The van der Waals surface area contributed by atoms with Crippen LogP contribution in [0.25, 0.3) is 0 Å². The first-order valence-electron chi connectivity index (χ1n) is 6.36. The number of carbonyl (C=O) groups is 1. The van der Waals surface area contributed by atoms with E-state index >= 15 is 0 Å². The molecule has 7 heteroatoms. The van der Waals surface area contributed by atoms with Crippen LogP contribution < -0.4 is 0 Å². The number of rotatable bonds is 5. The predicted octanol–water partition coefficient (Wildman–Crippen LogP) is 1.69. The molecule has 1 heterocycles. The molecular formula is C13H16N2O4S. The third kappa shape index (κ3) is 2.98. The molecule has 2 rings (SSSR count). The average Bonchev–Trinajstić information content (AvgIpc) is 2.43. The lowest BCUT2D eigenvalue weighted by Crippen LogP contribution is -2.37. The molecule has 1 aliphatic heterocycles. The number of nitrogens with zero attached hydrogens (tertiary/aromatic N) is 2. The van der Waals surface area contributed by atoms with E-state index in [1.807, 2.05) is 6.92 Å². The zero-order chi connectivity index (χ0) is 14.6. The van der Waals surface area contributed by atoms with Crippen LogP contribution in [-0.2, 0) is 19.6 Å². The van der Waals surface area contributed by atoms with Gasteiger partial charge < -0.3 is 4.74 Å². The van der Waals surface area contributed by atoms with Crippen molar-refractivity contribution in [2.45, 2.75) is 24.7 Å². The van der Waals surface area contributed by atoms with Gasteiger partial charge in [-0.3, -0.25) is 4.79 Å². The molecular weight excluding hydrogens is 280 g/mol. The summed E-state index contributed by atoms with van der Waals surface area (Å²) in [5, 5.41) is 0. The zero-order valence-corrected chi connectivity index (χ0v) is 12.0. The van der Waals surface area contributed by atoms with E-state index in [4.69, 9.17) is 4.74 Å². The van der Waals surface area contributed by atoms with Gasteiger partial charge in [0.1, 0.15) is 17.8 Å². The Labute approximate surface area is 118 Å².